The molecule has 3 heterocycles. The Morgan fingerprint density at radius 2 is 2.00 bits per heavy atom. The van der Waals surface area contributed by atoms with Gasteiger partial charge in [-0.05, 0) is 13.0 Å². The van der Waals surface area contributed by atoms with Gasteiger partial charge >= 0.3 is 0 Å². The molecule has 0 aliphatic carbocycles. The van der Waals surface area contributed by atoms with Crippen LogP contribution in [-0.4, -0.2) is 58.2 Å². The fourth-order valence-electron chi connectivity index (χ4n) is 2.80. The molecule has 20 heavy (non-hydrogen) atoms. The number of hydrogen-bond donors (Lipinski definition) is 1. The molecule has 0 spiro atoms. The van der Waals surface area contributed by atoms with Gasteiger partial charge < -0.3 is 15.2 Å². The first kappa shape index (κ1) is 13.3. The Kier molecular flexibility index (Phi) is 3.58. The Morgan fingerprint density at radius 3 is 2.70 bits per heavy atom. The highest BCUT2D eigenvalue weighted by Gasteiger charge is 2.22. The van der Waals surface area contributed by atoms with E-state index >= 15 is 0 Å². The van der Waals surface area contributed by atoms with Crippen LogP contribution < -0.4 is 10.6 Å². The quantitative estimate of drug-likeness (QED) is 0.880. The maximum absolute atomic E-state index is 5.75. The summed E-state index contributed by atoms with van der Waals surface area (Å²) < 4.78 is 2.03. The topological polar surface area (TPSA) is 63.2 Å². The van der Waals surface area contributed by atoms with Crippen LogP contribution in [0.2, 0.25) is 0 Å². The second-order valence-electron chi connectivity index (χ2n) is 5.47. The van der Waals surface area contributed by atoms with E-state index in [2.05, 4.69) is 26.7 Å². The van der Waals surface area contributed by atoms with Crippen molar-refractivity contribution in [3.63, 3.8) is 0 Å². The van der Waals surface area contributed by atoms with Gasteiger partial charge in [0, 0.05) is 52.0 Å². The minimum Gasteiger partial charge on any atom is -0.352 e. The molecule has 1 saturated heterocycles. The minimum atomic E-state index is 0.454. The van der Waals surface area contributed by atoms with Gasteiger partial charge in [0.1, 0.15) is 5.52 Å². The molecule has 0 radical (unpaired) electrons. The molecule has 0 aromatic carbocycles. The first-order valence-corrected chi connectivity index (χ1v) is 7.16. The molecular weight excluding hydrogens is 252 g/mol. The predicted octanol–water partition coefficient (Wildman–Crippen LogP) is 0.438. The van der Waals surface area contributed by atoms with Crippen LogP contribution in [0.4, 0.5) is 5.82 Å². The lowest BCUT2D eigenvalue weighted by atomic mass is 10.2. The molecule has 3 rings (SSSR count). The maximum Gasteiger partial charge on any atom is 0.156 e. The molecular formula is C14H22N6. The number of nitrogens with two attached hydrogens (primary N) is 1. The molecule has 1 atom stereocenters. The average molecular weight is 274 g/mol. The number of pyridine rings is 1. The molecule has 0 saturated carbocycles. The van der Waals surface area contributed by atoms with Crippen molar-refractivity contribution in [2.75, 3.05) is 37.6 Å². The van der Waals surface area contributed by atoms with E-state index in [1.165, 1.54) is 0 Å². The second kappa shape index (κ2) is 5.38. The van der Waals surface area contributed by atoms with Gasteiger partial charge in [0.15, 0.2) is 5.82 Å². The zero-order chi connectivity index (χ0) is 14.1. The van der Waals surface area contributed by atoms with Crippen LogP contribution >= 0.6 is 0 Å². The summed E-state index contributed by atoms with van der Waals surface area (Å²) in [5.74, 6) is 1.00. The summed E-state index contributed by atoms with van der Waals surface area (Å²) in [5, 5.41) is 0. The largest absolute Gasteiger partial charge is 0.352 e. The van der Waals surface area contributed by atoms with Crippen LogP contribution in [0, 0.1) is 0 Å². The van der Waals surface area contributed by atoms with E-state index in [0.29, 0.717) is 12.6 Å². The highest BCUT2D eigenvalue weighted by atomic mass is 15.3. The summed E-state index contributed by atoms with van der Waals surface area (Å²) in [4.78, 5) is 13.8. The molecule has 2 N–H and O–H groups in total. The van der Waals surface area contributed by atoms with Crippen LogP contribution in [0.25, 0.3) is 11.0 Å². The van der Waals surface area contributed by atoms with E-state index < -0.39 is 0 Å². The Hall–Kier alpha value is -1.66. The number of aryl methyl sites for hydroxylation is 1. The van der Waals surface area contributed by atoms with Gasteiger partial charge in [-0.1, -0.05) is 0 Å². The fourth-order valence-corrected chi connectivity index (χ4v) is 2.80. The summed E-state index contributed by atoms with van der Waals surface area (Å²) in [6, 6.07) is 2.47. The molecule has 108 valence electrons. The molecule has 2 aromatic heterocycles. The van der Waals surface area contributed by atoms with Gasteiger partial charge in [0.25, 0.3) is 0 Å². The van der Waals surface area contributed by atoms with E-state index in [0.717, 1.165) is 43.0 Å². The lowest BCUT2D eigenvalue weighted by Crippen LogP contribution is -2.51. The Bertz CT molecular complexity index is 584. The van der Waals surface area contributed by atoms with Crippen LogP contribution in [0.5, 0.6) is 0 Å². The van der Waals surface area contributed by atoms with E-state index in [-0.39, 0.29) is 0 Å². The summed E-state index contributed by atoms with van der Waals surface area (Å²) in [7, 11) is 2.01. The highest BCUT2D eigenvalue weighted by Crippen LogP contribution is 2.23. The second-order valence-corrected chi connectivity index (χ2v) is 5.47. The van der Waals surface area contributed by atoms with Gasteiger partial charge in [-0.15, -0.1) is 0 Å². The normalized spacial score (nSPS) is 18.6. The van der Waals surface area contributed by atoms with Crippen molar-refractivity contribution in [2.24, 2.45) is 12.8 Å². The molecule has 1 fully saturated rings. The van der Waals surface area contributed by atoms with Crippen LogP contribution in [0.3, 0.4) is 0 Å². The van der Waals surface area contributed by atoms with Gasteiger partial charge in [0.2, 0.25) is 0 Å². The molecule has 0 amide bonds. The first-order chi connectivity index (χ1) is 9.70. The van der Waals surface area contributed by atoms with Crippen molar-refractivity contribution in [3.8, 4) is 0 Å². The monoisotopic (exact) mass is 274 g/mol. The summed E-state index contributed by atoms with van der Waals surface area (Å²) >= 11 is 0. The van der Waals surface area contributed by atoms with Crippen LogP contribution in [0.15, 0.2) is 18.6 Å². The number of nitrogens with zero attached hydrogens (tertiary/aromatic N) is 5. The van der Waals surface area contributed by atoms with E-state index in [4.69, 9.17) is 5.73 Å². The Morgan fingerprint density at radius 1 is 1.25 bits per heavy atom. The minimum absolute atomic E-state index is 0.454. The number of anilines is 1. The third-order valence-electron chi connectivity index (χ3n) is 4.20. The van der Waals surface area contributed by atoms with Crippen molar-refractivity contribution in [1.82, 2.24) is 19.4 Å². The number of hydrogen-bond acceptors (Lipinski definition) is 5. The predicted molar refractivity (Wildman–Crippen MR) is 80.8 cm³/mol. The maximum atomic E-state index is 5.75. The van der Waals surface area contributed by atoms with Gasteiger partial charge in [0.05, 0.1) is 11.8 Å². The van der Waals surface area contributed by atoms with Crippen LogP contribution in [-0.2, 0) is 7.05 Å². The molecule has 1 unspecified atom stereocenters. The third-order valence-corrected chi connectivity index (χ3v) is 4.20. The molecule has 1 aliphatic rings. The molecule has 0 bridgehead atoms. The first-order valence-electron chi connectivity index (χ1n) is 7.16. The van der Waals surface area contributed by atoms with Crippen molar-refractivity contribution in [2.45, 2.75) is 13.0 Å². The molecule has 6 heteroatoms. The SMILES string of the molecule is CC(CN)N1CCN(c2nccc3c2ncn3C)CC1. The van der Waals surface area contributed by atoms with Crippen LogP contribution in [0.1, 0.15) is 6.92 Å². The van der Waals surface area contributed by atoms with Crippen molar-refractivity contribution >= 4 is 16.9 Å². The number of rotatable bonds is 3. The Balaban J connectivity index is 1.80. The summed E-state index contributed by atoms with van der Waals surface area (Å²) in [5.41, 5.74) is 7.87. The van der Waals surface area contributed by atoms with Crippen molar-refractivity contribution in [1.29, 1.82) is 0 Å². The average Bonchev–Trinajstić information content (AvgIpc) is 2.88. The number of fused-ring (bicyclic) bond motifs is 1. The zero-order valence-electron chi connectivity index (χ0n) is 12.2. The Labute approximate surface area is 119 Å². The van der Waals surface area contributed by atoms with E-state index in [1.54, 1.807) is 0 Å². The van der Waals surface area contributed by atoms with Gasteiger partial charge in [-0.2, -0.15) is 0 Å². The van der Waals surface area contributed by atoms with Gasteiger partial charge in [-0.3, -0.25) is 4.90 Å². The number of aromatic nitrogens is 3. The summed E-state index contributed by atoms with van der Waals surface area (Å²) in [6.07, 6.45) is 3.72. The fraction of sp³-hybridized carbons (Fsp3) is 0.571. The van der Waals surface area contributed by atoms with E-state index in [1.807, 2.05) is 30.2 Å². The number of piperazine rings is 1. The summed E-state index contributed by atoms with van der Waals surface area (Å²) in [6.45, 7) is 6.92. The zero-order valence-corrected chi connectivity index (χ0v) is 12.2. The molecule has 6 nitrogen and oxygen atoms in total. The lowest BCUT2D eigenvalue weighted by molar-refractivity contribution is 0.201. The standard InChI is InChI=1S/C14H22N6/c1-11(9-15)19-5-7-20(8-6-19)14-13-12(3-4-16-14)18(2)10-17-13/h3-4,10-11H,5-9,15H2,1-2H3. The molecule has 1 aliphatic heterocycles. The smallest absolute Gasteiger partial charge is 0.156 e. The molecule has 2 aromatic rings. The van der Waals surface area contributed by atoms with E-state index in [9.17, 15) is 0 Å². The third kappa shape index (κ3) is 2.25. The highest BCUT2D eigenvalue weighted by molar-refractivity contribution is 5.86. The van der Waals surface area contributed by atoms with Gasteiger partial charge in [-0.25, -0.2) is 9.97 Å². The van der Waals surface area contributed by atoms with Crippen molar-refractivity contribution < 1.29 is 0 Å². The lowest BCUT2D eigenvalue weighted by Gasteiger charge is -2.38. The van der Waals surface area contributed by atoms with Crippen molar-refractivity contribution in [3.05, 3.63) is 18.6 Å². The number of imidazole rings is 1.